The van der Waals surface area contributed by atoms with Crippen LogP contribution >= 0.6 is 0 Å². The number of carboxylic acids is 1. The van der Waals surface area contributed by atoms with Gasteiger partial charge >= 0.3 is 5.97 Å². The molecule has 1 aromatic rings. The topological polar surface area (TPSA) is 95.5 Å². The van der Waals surface area contributed by atoms with E-state index in [-0.39, 0.29) is 18.9 Å². The van der Waals surface area contributed by atoms with Gasteiger partial charge in [0.1, 0.15) is 0 Å². The monoisotopic (exact) mass is 236 g/mol. The number of aliphatic carboxylic acids is 1. The summed E-state index contributed by atoms with van der Waals surface area (Å²) in [4.78, 5) is 31.9. The average molecular weight is 236 g/mol. The van der Waals surface area contributed by atoms with E-state index in [4.69, 9.17) is 5.11 Å². The van der Waals surface area contributed by atoms with E-state index in [0.29, 0.717) is 17.7 Å². The summed E-state index contributed by atoms with van der Waals surface area (Å²) < 4.78 is 0. The molecule has 0 aromatic heterocycles. The molecule has 2 amide bonds. The first-order valence-corrected chi connectivity index (χ1v) is 4.93. The molecule has 0 aliphatic heterocycles. The molecule has 0 spiro atoms. The average Bonchev–Trinajstić information content (AvgIpc) is 2.30. The third-order valence-corrected chi connectivity index (χ3v) is 2.00. The summed E-state index contributed by atoms with van der Waals surface area (Å²) in [7, 11) is 0. The van der Waals surface area contributed by atoms with Crippen molar-refractivity contribution in [2.75, 3.05) is 11.9 Å². The van der Waals surface area contributed by atoms with E-state index in [9.17, 15) is 14.4 Å². The molecule has 0 unspecified atom stereocenters. The quantitative estimate of drug-likeness (QED) is 0.625. The molecule has 6 nitrogen and oxygen atoms in total. The fraction of sp³-hybridized carbons (Fsp3) is 0.182. The van der Waals surface area contributed by atoms with Crippen LogP contribution in [0.2, 0.25) is 0 Å². The van der Waals surface area contributed by atoms with Crippen molar-refractivity contribution < 1.29 is 19.5 Å². The lowest BCUT2D eigenvalue weighted by atomic mass is 10.2. The molecule has 0 radical (unpaired) electrons. The summed E-state index contributed by atoms with van der Waals surface area (Å²) in [5, 5.41) is 13.3. The molecule has 90 valence electrons. The molecule has 0 bridgehead atoms. The molecule has 0 heterocycles. The highest BCUT2D eigenvalue weighted by Crippen LogP contribution is 2.08. The van der Waals surface area contributed by atoms with E-state index in [1.807, 2.05) is 0 Å². The standard InChI is InChI=1S/C11H12N2O4/c14-7-13-9-3-1-8(2-4-9)11(17)12-6-5-10(15)16/h1-4,7H,5-6H2,(H,12,17)(H,13,14)(H,15,16). The first kappa shape index (κ1) is 12.7. The van der Waals surface area contributed by atoms with Gasteiger partial charge in [0.2, 0.25) is 6.41 Å². The van der Waals surface area contributed by atoms with Gasteiger partial charge in [-0.25, -0.2) is 0 Å². The van der Waals surface area contributed by atoms with Crippen molar-refractivity contribution in [2.24, 2.45) is 0 Å². The number of carbonyl (C=O) groups excluding carboxylic acids is 2. The smallest absolute Gasteiger partial charge is 0.305 e. The zero-order chi connectivity index (χ0) is 12.7. The summed E-state index contributed by atoms with van der Waals surface area (Å²) in [5.41, 5.74) is 0.994. The van der Waals surface area contributed by atoms with Crippen LogP contribution in [0.1, 0.15) is 16.8 Å². The van der Waals surface area contributed by atoms with Gasteiger partial charge in [0, 0.05) is 17.8 Å². The molecule has 0 saturated carbocycles. The largest absolute Gasteiger partial charge is 0.481 e. The van der Waals surface area contributed by atoms with Gasteiger partial charge in [-0.2, -0.15) is 0 Å². The zero-order valence-electron chi connectivity index (χ0n) is 8.97. The van der Waals surface area contributed by atoms with Crippen LogP contribution < -0.4 is 10.6 Å². The lowest BCUT2D eigenvalue weighted by Crippen LogP contribution is -2.25. The molecule has 17 heavy (non-hydrogen) atoms. The van der Waals surface area contributed by atoms with Crippen LogP contribution in [0, 0.1) is 0 Å². The molecule has 1 aromatic carbocycles. The van der Waals surface area contributed by atoms with Gasteiger partial charge in [-0.15, -0.1) is 0 Å². The van der Waals surface area contributed by atoms with E-state index >= 15 is 0 Å². The van der Waals surface area contributed by atoms with Crippen molar-refractivity contribution in [2.45, 2.75) is 6.42 Å². The van der Waals surface area contributed by atoms with Gasteiger partial charge in [-0.05, 0) is 24.3 Å². The number of carboxylic acid groups (broad SMARTS) is 1. The minimum atomic E-state index is -0.962. The highest BCUT2D eigenvalue weighted by atomic mass is 16.4. The summed E-state index contributed by atoms with van der Waals surface area (Å²) >= 11 is 0. The Morgan fingerprint density at radius 2 is 1.88 bits per heavy atom. The normalized spacial score (nSPS) is 9.41. The molecule has 1 rings (SSSR count). The molecule has 0 fully saturated rings. The molecule has 0 aliphatic carbocycles. The first-order chi connectivity index (χ1) is 8.13. The number of anilines is 1. The maximum Gasteiger partial charge on any atom is 0.305 e. The van der Waals surface area contributed by atoms with Crippen molar-refractivity contribution >= 4 is 24.0 Å². The summed E-state index contributed by atoms with van der Waals surface area (Å²) in [5.74, 6) is -1.31. The second-order valence-electron chi connectivity index (χ2n) is 3.24. The van der Waals surface area contributed by atoms with Crippen LogP contribution in [0.3, 0.4) is 0 Å². The molecule has 3 N–H and O–H groups in total. The minimum absolute atomic E-state index is 0.0858. The third kappa shape index (κ3) is 4.33. The highest BCUT2D eigenvalue weighted by molar-refractivity contribution is 5.94. The van der Waals surface area contributed by atoms with Crippen LogP contribution in [-0.4, -0.2) is 29.9 Å². The van der Waals surface area contributed by atoms with E-state index in [0.717, 1.165) is 0 Å². The van der Waals surface area contributed by atoms with E-state index < -0.39 is 5.97 Å². The molecular weight excluding hydrogens is 224 g/mol. The third-order valence-electron chi connectivity index (χ3n) is 2.00. The lowest BCUT2D eigenvalue weighted by Gasteiger charge is -2.04. The van der Waals surface area contributed by atoms with Crippen LogP contribution in [0.4, 0.5) is 5.69 Å². The van der Waals surface area contributed by atoms with Crippen LogP contribution in [-0.2, 0) is 9.59 Å². The van der Waals surface area contributed by atoms with E-state index in [1.54, 1.807) is 24.3 Å². The predicted octanol–water partition coefficient (Wildman–Crippen LogP) is 0.459. The summed E-state index contributed by atoms with van der Waals surface area (Å²) in [6.07, 6.45) is 0.429. The van der Waals surface area contributed by atoms with Crippen molar-refractivity contribution in [1.82, 2.24) is 5.32 Å². The van der Waals surface area contributed by atoms with Crippen molar-refractivity contribution in [3.8, 4) is 0 Å². The summed E-state index contributed by atoms with van der Waals surface area (Å²) in [6, 6.07) is 6.25. The van der Waals surface area contributed by atoms with Gasteiger partial charge in [0.05, 0.1) is 6.42 Å². The van der Waals surface area contributed by atoms with Crippen LogP contribution in [0.5, 0.6) is 0 Å². The number of benzene rings is 1. The lowest BCUT2D eigenvalue weighted by molar-refractivity contribution is -0.136. The fourth-order valence-electron chi connectivity index (χ4n) is 1.17. The Hall–Kier alpha value is -2.37. The predicted molar refractivity (Wildman–Crippen MR) is 60.7 cm³/mol. The molecule has 6 heteroatoms. The minimum Gasteiger partial charge on any atom is -0.481 e. The Balaban J connectivity index is 2.51. The number of nitrogens with one attached hydrogen (secondary N) is 2. The van der Waals surface area contributed by atoms with E-state index in [2.05, 4.69) is 10.6 Å². The van der Waals surface area contributed by atoms with Crippen LogP contribution in [0.25, 0.3) is 0 Å². The van der Waals surface area contributed by atoms with Crippen LogP contribution in [0.15, 0.2) is 24.3 Å². The Bertz CT molecular complexity index is 414. The molecule has 0 aliphatic rings. The SMILES string of the molecule is O=CNc1ccc(C(=O)NCCC(=O)O)cc1. The first-order valence-electron chi connectivity index (χ1n) is 4.93. The van der Waals surface area contributed by atoms with E-state index in [1.165, 1.54) is 0 Å². The molecule has 0 atom stereocenters. The maximum atomic E-state index is 11.5. The summed E-state index contributed by atoms with van der Waals surface area (Å²) in [6.45, 7) is 0.0858. The Morgan fingerprint density at radius 3 is 2.41 bits per heavy atom. The maximum absolute atomic E-state index is 11.5. The second kappa shape index (κ2) is 6.26. The number of amides is 2. The molecular formula is C11H12N2O4. The van der Waals surface area contributed by atoms with Gasteiger partial charge in [0.15, 0.2) is 0 Å². The highest BCUT2D eigenvalue weighted by Gasteiger charge is 2.05. The van der Waals surface area contributed by atoms with Gasteiger partial charge in [-0.3, -0.25) is 14.4 Å². The Morgan fingerprint density at radius 1 is 1.24 bits per heavy atom. The van der Waals surface area contributed by atoms with Crippen molar-refractivity contribution in [3.63, 3.8) is 0 Å². The second-order valence-corrected chi connectivity index (χ2v) is 3.24. The number of carbonyl (C=O) groups is 3. The van der Waals surface area contributed by atoms with Gasteiger partial charge in [-0.1, -0.05) is 0 Å². The van der Waals surface area contributed by atoms with Crippen molar-refractivity contribution in [3.05, 3.63) is 29.8 Å². The fourth-order valence-corrected chi connectivity index (χ4v) is 1.17. The Labute approximate surface area is 97.6 Å². The van der Waals surface area contributed by atoms with Crippen molar-refractivity contribution in [1.29, 1.82) is 0 Å². The number of rotatable bonds is 6. The zero-order valence-corrected chi connectivity index (χ0v) is 8.97. The van der Waals surface area contributed by atoms with Gasteiger partial charge < -0.3 is 15.7 Å². The molecule has 0 saturated heterocycles. The number of hydrogen-bond acceptors (Lipinski definition) is 3. The van der Waals surface area contributed by atoms with Gasteiger partial charge in [0.25, 0.3) is 5.91 Å². The number of hydrogen-bond donors (Lipinski definition) is 3. The Kier molecular flexibility index (Phi) is 4.68.